The van der Waals surface area contributed by atoms with E-state index in [0.717, 1.165) is 51.7 Å². The van der Waals surface area contributed by atoms with Gasteiger partial charge in [-0.3, -0.25) is 9.59 Å². The molecule has 5 nitrogen and oxygen atoms in total. The Labute approximate surface area is 115 Å². The van der Waals surface area contributed by atoms with Crippen molar-refractivity contribution >= 4 is 11.8 Å². The monoisotopic (exact) mass is 267 g/mol. The van der Waals surface area contributed by atoms with Crippen LogP contribution in [-0.4, -0.2) is 61.9 Å². The Morgan fingerprint density at radius 2 is 1.84 bits per heavy atom. The van der Waals surface area contributed by atoms with Crippen LogP contribution in [0.5, 0.6) is 0 Å². The summed E-state index contributed by atoms with van der Waals surface area (Å²) < 4.78 is 0. The van der Waals surface area contributed by atoms with Crippen LogP contribution in [0.2, 0.25) is 0 Å². The molecule has 1 aliphatic heterocycles. The zero-order valence-corrected chi connectivity index (χ0v) is 12.1. The molecule has 0 spiro atoms. The van der Waals surface area contributed by atoms with Crippen LogP contribution in [0.3, 0.4) is 0 Å². The molecule has 1 heterocycles. The van der Waals surface area contributed by atoms with Gasteiger partial charge in [0.15, 0.2) is 0 Å². The SMILES string of the molecule is CN(C)CCCNC(=O)C1(C(=O)N2CCCC2)CC1. The minimum Gasteiger partial charge on any atom is -0.355 e. The maximum absolute atomic E-state index is 12.4. The van der Waals surface area contributed by atoms with Crippen molar-refractivity contribution < 1.29 is 9.59 Å². The highest BCUT2D eigenvalue weighted by Crippen LogP contribution is 2.47. The molecule has 0 atom stereocenters. The maximum atomic E-state index is 12.4. The average molecular weight is 267 g/mol. The van der Waals surface area contributed by atoms with Gasteiger partial charge in [0.2, 0.25) is 11.8 Å². The maximum Gasteiger partial charge on any atom is 0.238 e. The van der Waals surface area contributed by atoms with E-state index in [1.54, 1.807) is 0 Å². The molecule has 1 aliphatic carbocycles. The van der Waals surface area contributed by atoms with Gasteiger partial charge in [0.1, 0.15) is 5.41 Å². The number of rotatable bonds is 6. The first kappa shape index (κ1) is 14.3. The molecule has 108 valence electrons. The minimum atomic E-state index is -0.706. The fourth-order valence-electron chi connectivity index (χ4n) is 2.65. The van der Waals surface area contributed by atoms with Crippen molar-refractivity contribution in [1.82, 2.24) is 15.1 Å². The second-order valence-corrected chi connectivity index (χ2v) is 5.99. The summed E-state index contributed by atoms with van der Waals surface area (Å²) >= 11 is 0. The molecular weight excluding hydrogens is 242 g/mol. The molecule has 2 rings (SSSR count). The first-order chi connectivity index (χ1) is 9.06. The zero-order chi connectivity index (χ0) is 13.9. The van der Waals surface area contributed by atoms with E-state index in [2.05, 4.69) is 10.2 Å². The molecule has 0 aromatic carbocycles. The van der Waals surface area contributed by atoms with Gasteiger partial charge in [-0.05, 0) is 52.7 Å². The van der Waals surface area contributed by atoms with E-state index in [9.17, 15) is 9.59 Å². The van der Waals surface area contributed by atoms with E-state index < -0.39 is 5.41 Å². The Morgan fingerprint density at radius 1 is 1.21 bits per heavy atom. The van der Waals surface area contributed by atoms with Crippen molar-refractivity contribution in [2.75, 3.05) is 40.3 Å². The zero-order valence-electron chi connectivity index (χ0n) is 12.1. The van der Waals surface area contributed by atoms with Crippen molar-refractivity contribution in [3.05, 3.63) is 0 Å². The van der Waals surface area contributed by atoms with Crippen molar-refractivity contribution in [2.24, 2.45) is 5.41 Å². The highest BCUT2D eigenvalue weighted by Gasteiger charge is 2.57. The third-order valence-electron chi connectivity index (χ3n) is 4.05. The van der Waals surface area contributed by atoms with E-state index in [4.69, 9.17) is 0 Å². The number of nitrogens with zero attached hydrogens (tertiary/aromatic N) is 2. The smallest absolute Gasteiger partial charge is 0.238 e. The standard InChI is InChI=1S/C14H25N3O2/c1-16(2)9-5-8-15-12(18)14(6-7-14)13(19)17-10-3-4-11-17/h3-11H2,1-2H3,(H,15,18). The normalized spacial score (nSPS) is 20.7. The summed E-state index contributed by atoms with van der Waals surface area (Å²) in [5, 5.41) is 2.93. The predicted molar refractivity (Wildman–Crippen MR) is 73.7 cm³/mol. The lowest BCUT2D eigenvalue weighted by Crippen LogP contribution is -2.44. The lowest BCUT2D eigenvalue weighted by Gasteiger charge is -2.22. The number of hydrogen-bond acceptors (Lipinski definition) is 3. The van der Waals surface area contributed by atoms with E-state index in [0.29, 0.717) is 6.54 Å². The molecule has 2 fully saturated rings. The van der Waals surface area contributed by atoms with Gasteiger partial charge in [-0.1, -0.05) is 0 Å². The number of likely N-dealkylation sites (tertiary alicyclic amines) is 1. The molecule has 0 unspecified atom stereocenters. The second kappa shape index (κ2) is 5.90. The van der Waals surface area contributed by atoms with Crippen LogP contribution in [0.25, 0.3) is 0 Å². The van der Waals surface area contributed by atoms with Gasteiger partial charge in [0, 0.05) is 19.6 Å². The van der Waals surface area contributed by atoms with Gasteiger partial charge in [-0.25, -0.2) is 0 Å². The fourth-order valence-corrected chi connectivity index (χ4v) is 2.65. The summed E-state index contributed by atoms with van der Waals surface area (Å²) in [6.45, 7) is 3.27. The van der Waals surface area contributed by atoms with Gasteiger partial charge in [-0.15, -0.1) is 0 Å². The van der Waals surface area contributed by atoms with Crippen molar-refractivity contribution in [3.63, 3.8) is 0 Å². The summed E-state index contributed by atoms with van der Waals surface area (Å²) in [5.74, 6) is 0.0123. The third kappa shape index (κ3) is 3.26. The molecular formula is C14H25N3O2. The van der Waals surface area contributed by atoms with E-state index >= 15 is 0 Å². The van der Waals surface area contributed by atoms with Gasteiger partial charge in [-0.2, -0.15) is 0 Å². The molecule has 0 bridgehead atoms. The molecule has 1 saturated heterocycles. The van der Waals surface area contributed by atoms with Crippen LogP contribution in [0.4, 0.5) is 0 Å². The van der Waals surface area contributed by atoms with Crippen LogP contribution in [0, 0.1) is 5.41 Å². The Bertz CT molecular complexity index is 345. The highest BCUT2D eigenvalue weighted by molar-refractivity contribution is 6.07. The van der Waals surface area contributed by atoms with Gasteiger partial charge in [0.05, 0.1) is 0 Å². The van der Waals surface area contributed by atoms with Gasteiger partial charge >= 0.3 is 0 Å². The third-order valence-corrected chi connectivity index (χ3v) is 4.05. The number of amides is 2. The number of hydrogen-bond donors (Lipinski definition) is 1. The van der Waals surface area contributed by atoms with Crippen LogP contribution in [0.1, 0.15) is 32.1 Å². The summed E-state index contributed by atoms with van der Waals surface area (Å²) in [5.41, 5.74) is -0.706. The lowest BCUT2D eigenvalue weighted by atomic mass is 10.0. The summed E-state index contributed by atoms with van der Waals surface area (Å²) in [6, 6.07) is 0. The molecule has 5 heteroatoms. The lowest BCUT2D eigenvalue weighted by molar-refractivity contribution is -0.143. The second-order valence-electron chi connectivity index (χ2n) is 5.99. The van der Waals surface area contributed by atoms with Crippen LogP contribution in [-0.2, 0) is 9.59 Å². The summed E-state index contributed by atoms with van der Waals surface area (Å²) in [6.07, 6.45) is 4.52. The first-order valence-electron chi connectivity index (χ1n) is 7.29. The van der Waals surface area contributed by atoms with Crippen LogP contribution in [0.15, 0.2) is 0 Å². The average Bonchev–Trinajstić information content (AvgIpc) is 3.01. The van der Waals surface area contributed by atoms with Crippen LogP contribution < -0.4 is 5.32 Å². The van der Waals surface area contributed by atoms with Gasteiger partial charge in [0.25, 0.3) is 0 Å². The molecule has 1 saturated carbocycles. The molecule has 2 amide bonds. The summed E-state index contributed by atoms with van der Waals surface area (Å²) in [4.78, 5) is 28.5. The fraction of sp³-hybridized carbons (Fsp3) is 0.857. The number of carbonyl (C=O) groups is 2. The quantitative estimate of drug-likeness (QED) is 0.562. The highest BCUT2D eigenvalue weighted by atomic mass is 16.2. The molecule has 0 radical (unpaired) electrons. The molecule has 19 heavy (non-hydrogen) atoms. The van der Waals surface area contributed by atoms with Crippen molar-refractivity contribution in [1.29, 1.82) is 0 Å². The Hall–Kier alpha value is -1.10. The predicted octanol–water partition coefficient (Wildman–Crippen LogP) is 0.457. The molecule has 0 aromatic heterocycles. The largest absolute Gasteiger partial charge is 0.355 e. The molecule has 0 aromatic rings. The Kier molecular flexibility index (Phi) is 4.45. The topological polar surface area (TPSA) is 52.7 Å². The molecule has 2 aliphatic rings. The summed E-state index contributed by atoms with van der Waals surface area (Å²) in [7, 11) is 4.03. The first-order valence-corrected chi connectivity index (χ1v) is 7.29. The Balaban J connectivity index is 1.79. The Morgan fingerprint density at radius 3 is 2.37 bits per heavy atom. The van der Waals surface area contributed by atoms with Crippen molar-refractivity contribution in [2.45, 2.75) is 32.1 Å². The van der Waals surface area contributed by atoms with E-state index in [-0.39, 0.29) is 11.8 Å². The van der Waals surface area contributed by atoms with Crippen molar-refractivity contribution in [3.8, 4) is 0 Å². The van der Waals surface area contributed by atoms with E-state index in [1.807, 2.05) is 19.0 Å². The van der Waals surface area contributed by atoms with E-state index in [1.165, 1.54) is 0 Å². The van der Waals surface area contributed by atoms with Crippen LogP contribution >= 0.6 is 0 Å². The number of nitrogens with one attached hydrogen (secondary N) is 1. The molecule has 1 N–H and O–H groups in total. The number of carbonyl (C=O) groups excluding carboxylic acids is 2. The minimum absolute atomic E-state index is 0.0526. The van der Waals surface area contributed by atoms with Gasteiger partial charge < -0.3 is 15.1 Å².